The average molecular weight is 472 g/mol. The van der Waals surface area contributed by atoms with Gasteiger partial charge in [0.05, 0.1) is 23.7 Å². The zero-order valence-electron chi connectivity index (χ0n) is 19.1. The summed E-state index contributed by atoms with van der Waals surface area (Å²) in [5.41, 5.74) is 1.30. The lowest BCUT2D eigenvalue weighted by molar-refractivity contribution is 0.0903. The number of aliphatic hydroxyl groups is 1. The van der Waals surface area contributed by atoms with E-state index in [9.17, 15) is 13.9 Å². The van der Waals surface area contributed by atoms with Crippen LogP contribution in [0.15, 0.2) is 29.4 Å². The number of nitrogens with one attached hydrogen (secondary N) is 2. The normalized spacial score (nSPS) is 27.0. The van der Waals surface area contributed by atoms with E-state index in [0.29, 0.717) is 23.9 Å². The molecule has 182 valence electrons. The predicted octanol–water partition coefficient (Wildman–Crippen LogP) is 4.60. The first-order chi connectivity index (χ1) is 16.6. The first-order valence-electron chi connectivity index (χ1n) is 12.2. The lowest BCUT2D eigenvalue weighted by Crippen LogP contribution is -2.32. The molecule has 1 atom stereocenters. The number of hydrogen-bond donors (Lipinski definition) is 3. The van der Waals surface area contributed by atoms with Gasteiger partial charge >= 0.3 is 0 Å². The van der Waals surface area contributed by atoms with Gasteiger partial charge in [-0.25, -0.2) is 23.7 Å². The molecule has 3 heterocycles. The number of fused-ring (bicyclic) bond motifs is 1. The summed E-state index contributed by atoms with van der Waals surface area (Å²) in [5.74, 6) is -0.00454. The maximum Gasteiger partial charge on any atom is 0.223 e. The minimum absolute atomic E-state index is 0.0207. The third-order valence-electron chi connectivity index (χ3n) is 7.21. The van der Waals surface area contributed by atoms with Gasteiger partial charge in [0, 0.05) is 25.2 Å². The first-order valence-corrected chi connectivity index (χ1v) is 12.2. The van der Waals surface area contributed by atoms with Gasteiger partial charge in [-0.1, -0.05) is 6.07 Å². The molecule has 2 aromatic rings. The topological polar surface area (TPSA) is 91.7 Å². The van der Waals surface area contributed by atoms with Crippen LogP contribution >= 0.6 is 0 Å². The molecule has 0 amide bonds. The van der Waals surface area contributed by atoms with Crippen LogP contribution < -0.4 is 10.6 Å². The van der Waals surface area contributed by atoms with E-state index in [4.69, 9.17) is 9.72 Å². The molecule has 3 N–H and O–H groups in total. The van der Waals surface area contributed by atoms with Crippen LogP contribution in [-0.4, -0.2) is 46.3 Å². The zero-order valence-corrected chi connectivity index (χ0v) is 19.1. The van der Waals surface area contributed by atoms with Crippen molar-refractivity contribution in [2.75, 3.05) is 23.8 Å². The summed E-state index contributed by atoms with van der Waals surface area (Å²) in [6.07, 6.45) is 7.90. The molecule has 2 aliphatic heterocycles. The molecular formula is C25H31F2N5O2. The standard InChI is InChI=1S/C25H31F2N5O2/c26-19-2-1-3-20(27)23(19)32-24-18(15-4-6-17(33)7-5-15)8-9-21-22(30-24)14-28-25(31-21)29-16-10-12-34-13-11-16/h1-3,14-18,33H,4-13H2,(H,30,32)(H,28,29,31). The van der Waals surface area contributed by atoms with Gasteiger partial charge in [0.2, 0.25) is 5.95 Å². The molecule has 1 saturated heterocycles. The van der Waals surface area contributed by atoms with Crippen LogP contribution in [0.2, 0.25) is 0 Å². The molecular weight excluding hydrogens is 440 g/mol. The third-order valence-corrected chi connectivity index (χ3v) is 7.21. The van der Waals surface area contributed by atoms with Crippen molar-refractivity contribution in [3.63, 3.8) is 0 Å². The molecule has 34 heavy (non-hydrogen) atoms. The highest BCUT2D eigenvalue weighted by Gasteiger charge is 2.33. The highest BCUT2D eigenvalue weighted by atomic mass is 19.1. The summed E-state index contributed by atoms with van der Waals surface area (Å²) in [6, 6.07) is 4.06. The average Bonchev–Trinajstić information content (AvgIpc) is 3.02. The van der Waals surface area contributed by atoms with Gasteiger partial charge in [-0.3, -0.25) is 0 Å². The van der Waals surface area contributed by atoms with Crippen LogP contribution in [0.1, 0.15) is 50.6 Å². The SMILES string of the molecule is OC1CCC(C2CCc3nc(NC4CCOCC4)ncc3NC2=Nc2c(F)cccc2F)CC1. The Kier molecular flexibility index (Phi) is 7.01. The number of aryl methyl sites for hydroxylation is 1. The Hall–Kier alpha value is -2.65. The van der Waals surface area contributed by atoms with E-state index in [1.165, 1.54) is 18.2 Å². The zero-order chi connectivity index (χ0) is 23.5. The molecule has 1 aliphatic carbocycles. The van der Waals surface area contributed by atoms with Crippen molar-refractivity contribution in [2.45, 2.75) is 63.5 Å². The Morgan fingerprint density at radius 2 is 1.76 bits per heavy atom. The van der Waals surface area contributed by atoms with Gasteiger partial charge in [0.15, 0.2) is 11.6 Å². The number of anilines is 2. The number of halogens is 2. The largest absolute Gasteiger partial charge is 0.393 e. The molecule has 0 radical (unpaired) electrons. The van der Waals surface area contributed by atoms with Gasteiger partial charge in [-0.05, 0) is 69.4 Å². The maximum absolute atomic E-state index is 14.4. The van der Waals surface area contributed by atoms with Crippen LogP contribution in [0.5, 0.6) is 0 Å². The van der Waals surface area contributed by atoms with E-state index < -0.39 is 11.6 Å². The second-order valence-corrected chi connectivity index (χ2v) is 9.49. The van der Waals surface area contributed by atoms with Gasteiger partial charge in [0.25, 0.3) is 0 Å². The van der Waals surface area contributed by atoms with Crippen LogP contribution in [0.25, 0.3) is 0 Å². The number of ether oxygens (including phenoxy) is 1. The molecule has 9 heteroatoms. The summed E-state index contributed by atoms with van der Waals surface area (Å²) < 4.78 is 34.3. The minimum Gasteiger partial charge on any atom is -0.393 e. The lowest BCUT2D eigenvalue weighted by Gasteiger charge is -2.32. The van der Waals surface area contributed by atoms with E-state index in [-0.39, 0.29) is 29.7 Å². The van der Waals surface area contributed by atoms with Gasteiger partial charge in [0.1, 0.15) is 11.5 Å². The second kappa shape index (κ2) is 10.3. The number of aromatic nitrogens is 2. The number of aliphatic imine (C=N–C) groups is 1. The van der Waals surface area contributed by atoms with Crippen LogP contribution in [0.4, 0.5) is 26.1 Å². The Morgan fingerprint density at radius 3 is 2.50 bits per heavy atom. The lowest BCUT2D eigenvalue weighted by atomic mass is 9.76. The number of nitrogens with zero attached hydrogens (tertiary/aromatic N) is 3. The van der Waals surface area contributed by atoms with Crippen molar-refractivity contribution < 1.29 is 18.6 Å². The van der Waals surface area contributed by atoms with Crippen LogP contribution in [0.3, 0.4) is 0 Å². The number of amidine groups is 1. The third kappa shape index (κ3) is 5.20. The molecule has 2 fully saturated rings. The van der Waals surface area contributed by atoms with Gasteiger partial charge in [-0.2, -0.15) is 0 Å². The number of para-hydroxylation sites is 1. The fourth-order valence-corrected chi connectivity index (χ4v) is 5.26. The van der Waals surface area contributed by atoms with Crippen LogP contribution in [-0.2, 0) is 11.2 Å². The number of rotatable bonds is 4. The Bertz CT molecular complexity index is 1020. The van der Waals surface area contributed by atoms with Crippen molar-refractivity contribution in [3.05, 3.63) is 41.7 Å². The van der Waals surface area contributed by atoms with E-state index in [1.54, 1.807) is 6.20 Å². The van der Waals surface area contributed by atoms with E-state index in [1.807, 2.05) is 0 Å². The van der Waals surface area contributed by atoms with Crippen molar-refractivity contribution in [2.24, 2.45) is 16.8 Å². The summed E-state index contributed by atoms with van der Waals surface area (Å²) >= 11 is 0. The highest BCUT2D eigenvalue weighted by molar-refractivity contribution is 6.00. The number of hydrogen-bond acceptors (Lipinski definition) is 6. The maximum atomic E-state index is 14.4. The second-order valence-electron chi connectivity index (χ2n) is 9.49. The Labute approximate surface area is 198 Å². The van der Waals surface area contributed by atoms with Crippen molar-refractivity contribution in [1.82, 2.24) is 9.97 Å². The van der Waals surface area contributed by atoms with Crippen LogP contribution in [0, 0.1) is 23.5 Å². The van der Waals surface area contributed by atoms with Crippen molar-refractivity contribution >= 4 is 23.2 Å². The highest BCUT2D eigenvalue weighted by Crippen LogP contribution is 2.37. The fraction of sp³-hybridized carbons (Fsp3) is 0.560. The smallest absolute Gasteiger partial charge is 0.223 e. The molecule has 7 nitrogen and oxygen atoms in total. The molecule has 3 aliphatic rings. The molecule has 0 bridgehead atoms. The van der Waals surface area contributed by atoms with E-state index >= 15 is 0 Å². The fourth-order valence-electron chi connectivity index (χ4n) is 5.26. The molecule has 1 unspecified atom stereocenters. The van der Waals surface area contributed by atoms with Gasteiger partial charge < -0.3 is 20.5 Å². The first kappa shape index (κ1) is 23.1. The molecule has 1 aromatic heterocycles. The summed E-state index contributed by atoms with van der Waals surface area (Å²) in [7, 11) is 0. The van der Waals surface area contributed by atoms with Gasteiger partial charge in [-0.15, -0.1) is 0 Å². The molecule has 1 saturated carbocycles. The molecule has 1 aromatic carbocycles. The summed E-state index contributed by atoms with van der Waals surface area (Å²) in [5, 5.41) is 16.7. The monoisotopic (exact) mass is 471 g/mol. The quantitative estimate of drug-likeness (QED) is 0.604. The van der Waals surface area contributed by atoms with Crippen molar-refractivity contribution in [1.29, 1.82) is 0 Å². The number of benzene rings is 1. The number of aliphatic hydroxyl groups excluding tert-OH is 1. The predicted molar refractivity (Wildman–Crippen MR) is 126 cm³/mol. The van der Waals surface area contributed by atoms with Crippen molar-refractivity contribution in [3.8, 4) is 0 Å². The molecule has 0 spiro atoms. The Balaban J connectivity index is 1.44. The summed E-state index contributed by atoms with van der Waals surface area (Å²) in [4.78, 5) is 13.7. The minimum atomic E-state index is -0.691. The molecule has 5 rings (SSSR count). The van der Waals surface area contributed by atoms with E-state index in [2.05, 4.69) is 20.6 Å². The van der Waals surface area contributed by atoms with E-state index in [0.717, 1.165) is 63.9 Å². The summed E-state index contributed by atoms with van der Waals surface area (Å²) in [6.45, 7) is 1.46. The Morgan fingerprint density at radius 1 is 1.03 bits per heavy atom.